The van der Waals surface area contributed by atoms with E-state index in [9.17, 15) is 20.2 Å². The van der Waals surface area contributed by atoms with Gasteiger partial charge in [-0.3, -0.25) is 20.2 Å². The van der Waals surface area contributed by atoms with Gasteiger partial charge in [-0.2, -0.15) is 0 Å². The van der Waals surface area contributed by atoms with E-state index in [2.05, 4.69) is 9.97 Å². The SMILES string of the molecule is O=[N+]([O-])C(c1ncccn1)[N+](=O)[O-]. The molecule has 0 atom stereocenters. The molecule has 0 fully saturated rings. The molecular weight excluding hydrogens is 180 g/mol. The fraction of sp³-hybridized carbons (Fsp3) is 0.200. The monoisotopic (exact) mass is 184 g/mol. The van der Waals surface area contributed by atoms with Gasteiger partial charge >= 0.3 is 6.17 Å². The zero-order chi connectivity index (χ0) is 9.84. The van der Waals surface area contributed by atoms with Crippen molar-refractivity contribution in [3.05, 3.63) is 44.5 Å². The first kappa shape index (κ1) is 8.97. The topological polar surface area (TPSA) is 112 Å². The first-order valence-electron chi connectivity index (χ1n) is 3.17. The molecule has 0 aliphatic carbocycles. The number of aromatic nitrogens is 2. The molecular formula is C5H4N4O4. The molecule has 8 heteroatoms. The van der Waals surface area contributed by atoms with Crippen molar-refractivity contribution in [1.82, 2.24) is 9.97 Å². The van der Waals surface area contributed by atoms with E-state index in [1.165, 1.54) is 18.5 Å². The van der Waals surface area contributed by atoms with Crippen LogP contribution in [0, 0.1) is 20.2 Å². The number of nitro groups is 2. The van der Waals surface area contributed by atoms with Crippen molar-refractivity contribution in [1.29, 1.82) is 0 Å². The highest BCUT2D eigenvalue weighted by Crippen LogP contribution is 2.10. The maximum absolute atomic E-state index is 10.2. The third-order valence-corrected chi connectivity index (χ3v) is 1.22. The Labute approximate surface area is 71.5 Å². The fourth-order valence-corrected chi connectivity index (χ4v) is 0.709. The van der Waals surface area contributed by atoms with Crippen molar-refractivity contribution in [3.8, 4) is 0 Å². The van der Waals surface area contributed by atoms with Crippen LogP contribution in [0.5, 0.6) is 0 Å². The Hall–Kier alpha value is -2.12. The molecule has 1 aromatic heterocycles. The molecule has 0 bridgehead atoms. The second-order valence-electron chi connectivity index (χ2n) is 2.05. The molecule has 13 heavy (non-hydrogen) atoms. The summed E-state index contributed by atoms with van der Waals surface area (Å²) in [5, 5.41) is 20.5. The van der Waals surface area contributed by atoms with Gasteiger partial charge in [0.2, 0.25) is 0 Å². The van der Waals surface area contributed by atoms with Crippen LogP contribution in [0.1, 0.15) is 12.0 Å². The normalized spacial score (nSPS) is 9.92. The predicted molar refractivity (Wildman–Crippen MR) is 38.8 cm³/mol. The minimum atomic E-state index is -2.08. The van der Waals surface area contributed by atoms with E-state index >= 15 is 0 Å². The summed E-state index contributed by atoms with van der Waals surface area (Å²) in [6, 6.07) is 1.42. The Kier molecular flexibility index (Phi) is 2.43. The van der Waals surface area contributed by atoms with Crippen molar-refractivity contribution >= 4 is 0 Å². The molecule has 1 aromatic rings. The van der Waals surface area contributed by atoms with Crippen LogP contribution in [0.15, 0.2) is 18.5 Å². The Morgan fingerprint density at radius 3 is 2.00 bits per heavy atom. The third kappa shape index (κ3) is 1.92. The van der Waals surface area contributed by atoms with Gasteiger partial charge in [-0.25, -0.2) is 9.97 Å². The first-order chi connectivity index (χ1) is 6.13. The lowest BCUT2D eigenvalue weighted by Gasteiger charge is -1.98. The average Bonchev–Trinajstić information content (AvgIpc) is 2.04. The smallest absolute Gasteiger partial charge is 0.258 e. The molecule has 0 radical (unpaired) electrons. The summed E-state index contributed by atoms with van der Waals surface area (Å²) in [5.74, 6) is -0.419. The number of hydrogen-bond donors (Lipinski definition) is 0. The van der Waals surface area contributed by atoms with Crippen LogP contribution in [0.3, 0.4) is 0 Å². The van der Waals surface area contributed by atoms with Crippen molar-refractivity contribution in [2.24, 2.45) is 0 Å². The van der Waals surface area contributed by atoms with Crippen LogP contribution in [0.2, 0.25) is 0 Å². The number of hydrogen-bond acceptors (Lipinski definition) is 6. The Bertz CT molecular complexity index is 313. The van der Waals surface area contributed by atoms with Crippen LogP contribution < -0.4 is 0 Å². The Balaban J connectivity index is 3.03. The number of rotatable bonds is 3. The van der Waals surface area contributed by atoms with E-state index in [0.717, 1.165) is 0 Å². The van der Waals surface area contributed by atoms with Crippen molar-refractivity contribution < 1.29 is 9.85 Å². The molecule has 0 saturated heterocycles. The maximum Gasteiger partial charge on any atom is 0.509 e. The van der Waals surface area contributed by atoms with Crippen LogP contribution in [-0.4, -0.2) is 19.8 Å². The minimum Gasteiger partial charge on any atom is -0.258 e. The lowest BCUT2D eigenvalue weighted by Crippen LogP contribution is -2.21. The summed E-state index contributed by atoms with van der Waals surface area (Å²) in [6.45, 7) is 0. The van der Waals surface area contributed by atoms with Gasteiger partial charge in [0.25, 0.3) is 5.82 Å². The summed E-state index contributed by atoms with van der Waals surface area (Å²) in [4.78, 5) is 25.2. The maximum atomic E-state index is 10.2. The summed E-state index contributed by atoms with van der Waals surface area (Å²) in [6.07, 6.45) is 0.339. The minimum absolute atomic E-state index is 0.419. The molecule has 1 heterocycles. The quantitative estimate of drug-likeness (QED) is 0.372. The molecule has 0 aliphatic heterocycles. The second kappa shape index (κ2) is 3.52. The van der Waals surface area contributed by atoms with Crippen LogP contribution in [-0.2, 0) is 0 Å². The van der Waals surface area contributed by atoms with E-state index in [1.54, 1.807) is 0 Å². The van der Waals surface area contributed by atoms with E-state index in [0.29, 0.717) is 0 Å². The average molecular weight is 184 g/mol. The van der Waals surface area contributed by atoms with Gasteiger partial charge < -0.3 is 0 Å². The summed E-state index contributed by atoms with van der Waals surface area (Å²) in [5.41, 5.74) is 0. The highest BCUT2D eigenvalue weighted by atomic mass is 16.7. The second-order valence-corrected chi connectivity index (χ2v) is 2.05. The molecule has 68 valence electrons. The van der Waals surface area contributed by atoms with E-state index in [4.69, 9.17) is 0 Å². The molecule has 0 unspecified atom stereocenters. The first-order valence-corrected chi connectivity index (χ1v) is 3.17. The molecule has 0 aromatic carbocycles. The van der Waals surface area contributed by atoms with Crippen LogP contribution in [0.25, 0.3) is 0 Å². The lowest BCUT2D eigenvalue weighted by atomic mass is 10.5. The van der Waals surface area contributed by atoms with Crippen molar-refractivity contribution in [2.75, 3.05) is 0 Å². The van der Waals surface area contributed by atoms with Gasteiger partial charge in [-0.05, 0) is 6.07 Å². The van der Waals surface area contributed by atoms with Gasteiger partial charge in [0.05, 0.1) is 0 Å². The molecule has 0 amide bonds. The lowest BCUT2D eigenvalue weighted by molar-refractivity contribution is -0.754. The molecule has 8 nitrogen and oxygen atoms in total. The Morgan fingerprint density at radius 2 is 1.62 bits per heavy atom. The highest BCUT2D eigenvalue weighted by Gasteiger charge is 2.37. The van der Waals surface area contributed by atoms with Gasteiger partial charge in [-0.15, -0.1) is 0 Å². The van der Waals surface area contributed by atoms with E-state index < -0.39 is 21.8 Å². The zero-order valence-corrected chi connectivity index (χ0v) is 6.23. The highest BCUT2D eigenvalue weighted by molar-refractivity contribution is 4.89. The fourth-order valence-electron chi connectivity index (χ4n) is 0.709. The largest absolute Gasteiger partial charge is 0.509 e. The number of nitrogens with zero attached hydrogens (tertiary/aromatic N) is 4. The molecule has 0 N–H and O–H groups in total. The molecule has 0 spiro atoms. The van der Waals surface area contributed by atoms with Gasteiger partial charge in [0.15, 0.2) is 0 Å². The van der Waals surface area contributed by atoms with Gasteiger partial charge in [-0.1, -0.05) is 0 Å². The molecule has 0 saturated carbocycles. The predicted octanol–water partition coefficient (Wildman–Crippen LogP) is 0.0286. The standard InChI is InChI=1S/C5H4N4O4/c10-8(11)5(9(12)13)4-6-2-1-3-7-4/h1-3,5H. The zero-order valence-electron chi connectivity index (χ0n) is 6.23. The van der Waals surface area contributed by atoms with Gasteiger partial charge in [0, 0.05) is 12.4 Å². The third-order valence-electron chi connectivity index (χ3n) is 1.22. The van der Waals surface area contributed by atoms with Gasteiger partial charge in [0.1, 0.15) is 9.85 Å². The molecule has 0 aliphatic rings. The van der Waals surface area contributed by atoms with E-state index in [1.807, 2.05) is 0 Å². The van der Waals surface area contributed by atoms with Crippen LogP contribution >= 0.6 is 0 Å². The summed E-state index contributed by atoms with van der Waals surface area (Å²) >= 11 is 0. The Morgan fingerprint density at radius 1 is 1.15 bits per heavy atom. The van der Waals surface area contributed by atoms with Crippen LogP contribution in [0.4, 0.5) is 0 Å². The summed E-state index contributed by atoms with van der Waals surface area (Å²) in [7, 11) is 0. The van der Waals surface area contributed by atoms with Crippen molar-refractivity contribution in [2.45, 2.75) is 6.17 Å². The van der Waals surface area contributed by atoms with Crippen molar-refractivity contribution in [3.63, 3.8) is 0 Å². The molecule has 1 rings (SSSR count). The summed E-state index contributed by atoms with van der Waals surface area (Å²) < 4.78 is 0. The van der Waals surface area contributed by atoms with E-state index in [-0.39, 0.29) is 0 Å².